The lowest BCUT2D eigenvalue weighted by atomic mass is 10.1. The molecule has 3 heterocycles. The molecule has 2 fully saturated rings. The lowest BCUT2D eigenvalue weighted by Crippen LogP contribution is -2.45. The van der Waals surface area contributed by atoms with Gasteiger partial charge in [-0.05, 0) is 18.2 Å². The number of carbonyl (C=O) groups is 2. The van der Waals surface area contributed by atoms with Gasteiger partial charge < -0.3 is 24.8 Å². The van der Waals surface area contributed by atoms with Crippen LogP contribution < -0.4 is 10.6 Å². The molecule has 2 N–H and O–H groups in total. The van der Waals surface area contributed by atoms with Gasteiger partial charge in [0.05, 0.1) is 38.1 Å². The van der Waals surface area contributed by atoms with E-state index in [1.54, 1.807) is 0 Å². The average molecular weight is 441 g/mol. The Hall–Kier alpha value is -3.19. The normalized spacial score (nSPS) is 25.2. The molecule has 0 spiro atoms. The van der Waals surface area contributed by atoms with Gasteiger partial charge in [0.2, 0.25) is 0 Å². The van der Waals surface area contributed by atoms with Crippen molar-refractivity contribution in [3.8, 4) is 0 Å². The number of methoxy groups -OCH3 is 1. The molecule has 2 aliphatic rings. The summed E-state index contributed by atoms with van der Waals surface area (Å²) in [4.78, 5) is 23.8. The summed E-state index contributed by atoms with van der Waals surface area (Å²) < 4.78 is 56.0. The minimum Gasteiger partial charge on any atom is -0.464 e. The summed E-state index contributed by atoms with van der Waals surface area (Å²) in [5.74, 6) is -0.625. The van der Waals surface area contributed by atoms with E-state index in [1.165, 1.54) is 30.1 Å². The highest BCUT2D eigenvalue weighted by molar-refractivity contribution is 5.89. The summed E-state index contributed by atoms with van der Waals surface area (Å²) in [6.45, 7) is 0.354. The number of ether oxygens (including phenoxy) is 3. The van der Waals surface area contributed by atoms with E-state index >= 15 is 0 Å². The number of urea groups is 1. The molecule has 166 valence electrons. The first-order chi connectivity index (χ1) is 14.8. The summed E-state index contributed by atoms with van der Waals surface area (Å²) in [7, 11) is 1.23. The van der Waals surface area contributed by atoms with Gasteiger partial charge in [-0.3, -0.25) is 0 Å². The van der Waals surface area contributed by atoms with Crippen LogP contribution in [0.4, 0.5) is 23.7 Å². The van der Waals surface area contributed by atoms with Crippen LogP contribution >= 0.6 is 0 Å². The van der Waals surface area contributed by atoms with E-state index in [9.17, 15) is 22.8 Å². The summed E-state index contributed by atoms with van der Waals surface area (Å²) in [6, 6.07) is 2.75. The molecule has 2 aliphatic heterocycles. The maximum Gasteiger partial charge on any atom is 0.416 e. The Labute approximate surface area is 173 Å². The van der Waals surface area contributed by atoms with E-state index < -0.39 is 42.0 Å². The lowest BCUT2D eigenvalue weighted by Gasteiger charge is -2.18. The second-order valence-electron chi connectivity index (χ2n) is 7.02. The lowest BCUT2D eigenvalue weighted by molar-refractivity contribution is -0.137. The number of hydrogen-bond donors (Lipinski definition) is 2. The van der Waals surface area contributed by atoms with Crippen molar-refractivity contribution in [3.05, 3.63) is 41.7 Å². The topological polar surface area (TPSA) is 117 Å². The summed E-state index contributed by atoms with van der Waals surface area (Å²) in [5, 5.41) is 12.7. The Kier molecular flexibility index (Phi) is 5.54. The Morgan fingerprint density at radius 3 is 2.74 bits per heavy atom. The van der Waals surface area contributed by atoms with Crippen LogP contribution in [0.1, 0.15) is 22.1 Å². The van der Waals surface area contributed by atoms with E-state index in [-0.39, 0.29) is 30.6 Å². The number of fused-ring (bicyclic) bond motifs is 1. The van der Waals surface area contributed by atoms with Gasteiger partial charge in [-0.1, -0.05) is 11.3 Å². The molecule has 2 amide bonds. The van der Waals surface area contributed by atoms with Gasteiger partial charge in [0, 0.05) is 5.69 Å². The standard InChI is InChI=1S/C18H18F3N5O5/c1-29-16(27)11-6-26(25-24-11)13-8-31-14-12(7-30-15(13)14)23-17(28)22-10-4-2-3-9(5-10)18(19,20)21/h2-6,12-15H,7-8H2,1H3,(H2,22,23,28)/t12-,13-,14+,15+/m0/s1. The molecule has 0 aliphatic carbocycles. The van der Waals surface area contributed by atoms with Gasteiger partial charge in [0.1, 0.15) is 18.2 Å². The van der Waals surface area contributed by atoms with E-state index in [4.69, 9.17) is 9.47 Å². The fourth-order valence-electron chi connectivity index (χ4n) is 3.58. The number of halogens is 3. The van der Waals surface area contributed by atoms with Crippen LogP contribution in [0.2, 0.25) is 0 Å². The van der Waals surface area contributed by atoms with E-state index in [0.29, 0.717) is 0 Å². The minimum atomic E-state index is -4.51. The van der Waals surface area contributed by atoms with Crippen LogP contribution in [0, 0.1) is 0 Å². The number of aromatic nitrogens is 3. The van der Waals surface area contributed by atoms with Crippen molar-refractivity contribution < 1.29 is 37.0 Å². The maximum absolute atomic E-state index is 12.8. The highest BCUT2D eigenvalue weighted by Crippen LogP contribution is 2.34. The number of hydrogen-bond acceptors (Lipinski definition) is 7. The molecular formula is C18H18F3N5O5. The molecule has 0 saturated carbocycles. The van der Waals surface area contributed by atoms with Gasteiger partial charge in [-0.15, -0.1) is 5.10 Å². The van der Waals surface area contributed by atoms with Gasteiger partial charge in [-0.25, -0.2) is 14.3 Å². The highest BCUT2D eigenvalue weighted by atomic mass is 19.4. The number of rotatable bonds is 4. The third kappa shape index (κ3) is 4.32. The molecule has 10 nitrogen and oxygen atoms in total. The van der Waals surface area contributed by atoms with E-state index in [2.05, 4.69) is 25.7 Å². The predicted octanol–water partition coefficient (Wildman–Crippen LogP) is 1.61. The molecule has 2 aromatic rings. The van der Waals surface area contributed by atoms with Crippen LogP contribution in [0.15, 0.2) is 30.5 Å². The Morgan fingerprint density at radius 2 is 2.00 bits per heavy atom. The summed E-state index contributed by atoms with van der Waals surface area (Å²) in [6.07, 6.45) is -4.04. The molecule has 4 rings (SSSR count). The van der Waals surface area contributed by atoms with Crippen molar-refractivity contribution in [1.82, 2.24) is 20.3 Å². The predicted molar refractivity (Wildman–Crippen MR) is 97.3 cm³/mol. The smallest absolute Gasteiger partial charge is 0.416 e. The first-order valence-electron chi connectivity index (χ1n) is 9.24. The molecule has 0 bridgehead atoms. The molecule has 2 saturated heterocycles. The Bertz CT molecular complexity index is 981. The third-order valence-electron chi connectivity index (χ3n) is 5.04. The Morgan fingerprint density at radius 1 is 1.23 bits per heavy atom. The number of carbonyl (C=O) groups excluding carboxylic acids is 2. The molecule has 1 aromatic carbocycles. The van der Waals surface area contributed by atoms with Crippen LogP contribution in [0.3, 0.4) is 0 Å². The number of nitrogens with zero attached hydrogens (tertiary/aromatic N) is 3. The van der Waals surface area contributed by atoms with E-state index in [0.717, 1.165) is 12.1 Å². The van der Waals surface area contributed by atoms with Crippen molar-refractivity contribution in [1.29, 1.82) is 0 Å². The molecule has 13 heteroatoms. The van der Waals surface area contributed by atoms with Crippen LogP contribution in [0.25, 0.3) is 0 Å². The molecule has 4 atom stereocenters. The number of anilines is 1. The number of nitrogens with one attached hydrogen (secondary N) is 2. The number of amides is 2. The average Bonchev–Trinajstić information content (AvgIpc) is 3.44. The van der Waals surface area contributed by atoms with Gasteiger partial charge >= 0.3 is 18.2 Å². The minimum absolute atomic E-state index is 0.00552. The number of esters is 1. The molecule has 0 unspecified atom stereocenters. The zero-order valence-corrected chi connectivity index (χ0v) is 16.1. The Balaban J connectivity index is 1.37. The van der Waals surface area contributed by atoms with Crippen molar-refractivity contribution >= 4 is 17.7 Å². The van der Waals surface area contributed by atoms with E-state index in [1.807, 2.05) is 0 Å². The highest BCUT2D eigenvalue weighted by Gasteiger charge is 2.49. The number of alkyl halides is 3. The molecular weight excluding hydrogens is 423 g/mol. The quantitative estimate of drug-likeness (QED) is 0.693. The largest absolute Gasteiger partial charge is 0.464 e. The van der Waals surface area contributed by atoms with Crippen molar-refractivity contribution in [3.63, 3.8) is 0 Å². The SMILES string of the molecule is COC(=O)c1cn([C@H]2CO[C@H]3[C@@H]2OC[C@@H]3NC(=O)Nc2cccc(C(F)(F)F)c2)nn1. The van der Waals surface area contributed by atoms with Crippen LogP contribution in [-0.2, 0) is 20.4 Å². The van der Waals surface area contributed by atoms with Crippen molar-refractivity contribution in [2.24, 2.45) is 0 Å². The van der Waals surface area contributed by atoms with Crippen LogP contribution in [-0.4, -0.2) is 65.6 Å². The third-order valence-corrected chi connectivity index (χ3v) is 5.04. The van der Waals surface area contributed by atoms with Crippen LogP contribution in [0.5, 0.6) is 0 Å². The zero-order chi connectivity index (χ0) is 22.2. The first-order valence-corrected chi connectivity index (χ1v) is 9.24. The fraction of sp³-hybridized carbons (Fsp3) is 0.444. The maximum atomic E-state index is 12.8. The van der Waals surface area contributed by atoms with Crippen molar-refractivity contribution in [2.45, 2.75) is 30.5 Å². The fourth-order valence-corrected chi connectivity index (χ4v) is 3.58. The molecule has 31 heavy (non-hydrogen) atoms. The van der Waals surface area contributed by atoms with Gasteiger partial charge in [0.25, 0.3) is 0 Å². The molecule has 0 radical (unpaired) electrons. The molecule has 1 aromatic heterocycles. The monoisotopic (exact) mass is 441 g/mol. The first kappa shape index (κ1) is 21.1. The van der Waals surface area contributed by atoms with Gasteiger partial charge in [0.15, 0.2) is 5.69 Å². The summed E-state index contributed by atoms with van der Waals surface area (Å²) in [5.41, 5.74) is -0.819. The van der Waals surface area contributed by atoms with Gasteiger partial charge in [-0.2, -0.15) is 13.2 Å². The number of benzene rings is 1. The summed E-state index contributed by atoms with van der Waals surface area (Å²) >= 11 is 0. The van der Waals surface area contributed by atoms with Crippen molar-refractivity contribution in [2.75, 3.05) is 25.6 Å². The zero-order valence-electron chi connectivity index (χ0n) is 16.1. The second-order valence-corrected chi connectivity index (χ2v) is 7.02. The second kappa shape index (κ2) is 8.15.